The predicted molar refractivity (Wildman–Crippen MR) is 40.8 cm³/mol. The van der Waals surface area contributed by atoms with Crippen molar-refractivity contribution >= 4 is 5.97 Å². The maximum Gasteiger partial charge on any atom is 0.314 e. The van der Waals surface area contributed by atoms with Crippen LogP contribution >= 0.6 is 0 Å². The van der Waals surface area contributed by atoms with Gasteiger partial charge in [0.25, 0.3) is 0 Å². The van der Waals surface area contributed by atoms with Crippen LogP contribution in [0.3, 0.4) is 0 Å². The molecule has 0 aromatic heterocycles. The maximum absolute atomic E-state index is 10.5. The van der Waals surface area contributed by atoms with Gasteiger partial charge in [-0.1, -0.05) is 24.3 Å². The van der Waals surface area contributed by atoms with Gasteiger partial charge in [-0.3, -0.25) is 4.79 Å². The van der Waals surface area contributed by atoms with Crippen molar-refractivity contribution < 1.29 is 9.90 Å². The molecule has 0 aliphatic rings. The molecule has 0 saturated carbocycles. The van der Waals surface area contributed by atoms with Gasteiger partial charge in [-0.15, -0.1) is 0 Å². The van der Waals surface area contributed by atoms with Gasteiger partial charge < -0.3 is 5.11 Å². The zero-order valence-corrected chi connectivity index (χ0v) is 6.35. The smallest absolute Gasteiger partial charge is 0.314 e. The fraction of sp³-hybridized carbons (Fsp3) is 0.375. The first-order valence-corrected chi connectivity index (χ1v) is 3.00. The van der Waals surface area contributed by atoms with Gasteiger partial charge in [-0.2, -0.15) is 0 Å². The Balaban J connectivity index is 4.43. The Morgan fingerprint density at radius 2 is 1.60 bits per heavy atom. The molecule has 0 amide bonds. The second-order valence-electron chi connectivity index (χ2n) is 2.46. The van der Waals surface area contributed by atoms with Crippen LogP contribution in [0.25, 0.3) is 0 Å². The molecular weight excluding hydrogens is 128 g/mol. The summed E-state index contributed by atoms with van der Waals surface area (Å²) in [5.74, 6) is -1.46. The molecule has 0 unspecified atom stereocenters. The Morgan fingerprint density at radius 1 is 1.30 bits per heavy atom. The van der Waals surface area contributed by atoms with E-state index in [1.165, 1.54) is 0 Å². The van der Waals surface area contributed by atoms with E-state index in [-0.39, 0.29) is 0 Å². The molecule has 0 aromatic carbocycles. The van der Waals surface area contributed by atoms with Crippen molar-refractivity contribution in [2.45, 2.75) is 13.8 Å². The highest BCUT2D eigenvalue weighted by molar-refractivity contribution is 5.76. The van der Waals surface area contributed by atoms with Crippen molar-refractivity contribution in [1.29, 1.82) is 0 Å². The van der Waals surface area contributed by atoms with Gasteiger partial charge in [0.15, 0.2) is 0 Å². The van der Waals surface area contributed by atoms with Crippen molar-refractivity contribution in [3.63, 3.8) is 0 Å². The average molecular weight is 140 g/mol. The standard InChI is InChI=1S/C8H12O2/c1-5(2)7(6(3)4)8(9)10/h7H,1,3H2,2,4H3,(H,9,10). The number of aliphatic carboxylic acids is 1. The van der Waals surface area contributed by atoms with Gasteiger partial charge in [0.2, 0.25) is 0 Å². The number of carbonyl (C=O) groups is 1. The third kappa shape index (κ3) is 2.05. The molecule has 0 atom stereocenters. The van der Waals surface area contributed by atoms with E-state index in [0.717, 1.165) is 0 Å². The molecule has 0 saturated heterocycles. The zero-order valence-electron chi connectivity index (χ0n) is 6.35. The molecule has 0 heterocycles. The fourth-order valence-electron chi connectivity index (χ4n) is 0.842. The topological polar surface area (TPSA) is 37.3 Å². The van der Waals surface area contributed by atoms with Crippen LogP contribution in [-0.2, 0) is 4.79 Å². The number of hydrogen-bond donors (Lipinski definition) is 1. The van der Waals surface area contributed by atoms with Crippen LogP contribution < -0.4 is 0 Å². The number of carboxylic acids is 1. The van der Waals surface area contributed by atoms with Crippen LogP contribution in [0.2, 0.25) is 0 Å². The van der Waals surface area contributed by atoms with Crippen LogP contribution in [0, 0.1) is 5.92 Å². The van der Waals surface area contributed by atoms with Gasteiger partial charge in [0, 0.05) is 0 Å². The number of carboxylic acid groups (broad SMARTS) is 1. The van der Waals surface area contributed by atoms with Crippen LogP contribution in [0.4, 0.5) is 0 Å². The molecule has 2 nitrogen and oxygen atoms in total. The molecule has 56 valence electrons. The minimum atomic E-state index is -0.875. The van der Waals surface area contributed by atoms with E-state index in [4.69, 9.17) is 5.11 Å². The summed E-state index contributed by atoms with van der Waals surface area (Å²) in [6.45, 7) is 10.5. The van der Waals surface area contributed by atoms with Gasteiger partial charge in [0.05, 0.1) is 5.92 Å². The first-order chi connectivity index (χ1) is 4.46. The molecule has 0 radical (unpaired) electrons. The number of rotatable bonds is 3. The largest absolute Gasteiger partial charge is 0.481 e. The Hall–Kier alpha value is -1.05. The van der Waals surface area contributed by atoms with E-state index in [2.05, 4.69) is 13.2 Å². The molecule has 1 N–H and O–H groups in total. The maximum atomic E-state index is 10.5. The van der Waals surface area contributed by atoms with Crippen LogP contribution in [-0.4, -0.2) is 11.1 Å². The van der Waals surface area contributed by atoms with Crippen molar-refractivity contribution in [1.82, 2.24) is 0 Å². The van der Waals surface area contributed by atoms with Crippen molar-refractivity contribution in [2.75, 3.05) is 0 Å². The summed E-state index contributed by atoms with van der Waals surface area (Å²) in [7, 11) is 0. The highest BCUT2D eigenvalue weighted by atomic mass is 16.4. The Labute approximate surface area is 60.9 Å². The van der Waals surface area contributed by atoms with Gasteiger partial charge in [0.1, 0.15) is 0 Å². The molecule has 0 rings (SSSR count). The quantitative estimate of drug-likeness (QED) is 0.607. The molecule has 0 bridgehead atoms. The Bertz CT molecular complexity index is 146. The summed E-state index contributed by atoms with van der Waals surface area (Å²) >= 11 is 0. The Morgan fingerprint density at radius 3 is 1.60 bits per heavy atom. The summed E-state index contributed by atoms with van der Waals surface area (Å²) in [6, 6.07) is 0. The summed E-state index contributed by atoms with van der Waals surface area (Å²) in [5, 5.41) is 8.59. The van der Waals surface area contributed by atoms with E-state index >= 15 is 0 Å². The normalized spacial score (nSPS) is 9.50. The lowest BCUT2D eigenvalue weighted by molar-refractivity contribution is -0.139. The third-order valence-electron chi connectivity index (χ3n) is 1.23. The van der Waals surface area contributed by atoms with Crippen molar-refractivity contribution in [3.05, 3.63) is 24.3 Å². The van der Waals surface area contributed by atoms with Crippen molar-refractivity contribution in [3.8, 4) is 0 Å². The lowest BCUT2D eigenvalue weighted by Gasteiger charge is -2.10. The van der Waals surface area contributed by atoms with Gasteiger partial charge in [-0.25, -0.2) is 0 Å². The van der Waals surface area contributed by atoms with E-state index in [1.807, 2.05) is 0 Å². The molecule has 0 aliphatic carbocycles. The summed E-state index contributed by atoms with van der Waals surface area (Å²) < 4.78 is 0. The molecule has 0 spiro atoms. The summed E-state index contributed by atoms with van der Waals surface area (Å²) in [5.41, 5.74) is 1.25. The average Bonchev–Trinajstić information content (AvgIpc) is 1.59. The minimum Gasteiger partial charge on any atom is -0.481 e. The minimum absolute atomic E-state index is 0.583. The highest BCUT2D eigenvalue weighted by Crippen LogP contribution is 2.16. The van der Waals surface area contributed by atoms with Crippen LogP contribution in [0.1, 0.15) is 13.8 Å². The summed E-state index contributed by atoms with van der Waals surface area (Å²) in [4.78, 5) is 10.5. The molecule has 0 aliphatic heterocycles. The van der Waals surface area contributed by atoms with Gasteiger partial charge in [-0.05, 0) is 13.8 Å². The first-order valence-electron chi connectivity index (χ1n) is 3.00. The van der Waals surface area contributed by atoms with Gasteiger partial charge >= 0.3 is 5.97 Å². The van der Waals surface area contributed by atoms with Crippen LogP contribution in [0.5, 0.6) is 0 Å². The van der Waals surface area contributed by atoms with Crippen molar-refractivity contribution in [2.24, 2.45) is 5.92 Å². The van der Waals surface area contributed by atoms with E-state index < -0.39 is 11.9 Å². The second kappa shape index (κ2) is 3.20. The fourth-order valence-corrected chi connectivity index (χ4v) is 0.842. The lowest BCUT2D eigenvalue weighted by atomic mass is 9.95. The molecule has 0 fully saturated rings. The highest BCUT2D eigenvalue weighted by Gasteiger charge is 2.17. The first kappa shape index (κ1) is 8.95. The second-order valence-corrected chi connectivity index (χ2v) is 2.46. The molecule has 2 heteroatoms. The van der Waals surface area contributed by atoms with E-state index in [1.54, 1.807) is 13.8 Å². The SMILES string of the molecule is C=C(C)C(C(=C)C)C(=O)O. The predicted octanol–water partition coefficient (Wildman–Crippen LogP) is 1.84. The molecule has 0 aromatic rings. The third-order valence-corrected chi connectivity index (χ3v) is 1.23. The molecular formula is C8H12O2. The lowest BCUT2D eigenvalue weighted by Crippen LogP contribution is -2.14. The summed E-state index contributed by atoms with van der Waals surface area (Å²) in [6.07, 6.45) is 0. The zero-order chi connectivity index (χ0) is 8.31. The van der Waals surface area contributed by atoms with E-state index in [9.17, 15) is 4.79 Å². The van der Waals surface area contributed by atoms with Crippen LogP contribution in [0.15, 0.2) is 24.3 Å². The van der Waals surface area contributed by atoms with E-state index in [0.29, 0.717) is 11.1 Å². The molecule has 10 heavy (non-hydrogen) atoms. The Kier molecular flexibility index (Phi) is 2.87. The number of hydrogen-bond acceptors (Lipinski definition) is 1. The monoisotopic (exact) mass is 140 g/mol.